The van der Waals surface area contributed by atoms with Crippen LogP contribution in [0.5, 0.6) is 0 Å². The summed E-state index contributed by atoms with van der Waals surface area (Å²) in [7, 11) is 0. The molecule has 1 saturated heterocycles. The predicted molar refractivity (Wildman–Crippen MR) is 116 cm³/mol. The zero-order valence-corrected chi connectivity index (χ0v) is 18.4. The minimum atomic E-state index is 0.979. The van der Waals surface area contributed by atoms with Crippen LogP contribution in [0.15, 0.2) is 0 Å². The van der Waals surface area contributed by atoms with E-state index in [-0.39, 0.29) is 0 Å². The van der Waals surface area contributed by atoms with Gasteiger partial charge in [-0.1, -0.05) is 96.8 Å². The van der Waals surface area contributed by atoms with Gasteiger partial charge in [-0.05, 0) is 19.8 Å². The van der Waals surface area contributed by atoms with Gasteiger partial charge in [-0.2, -0.15) is 0 Å². The van der Waals surface area contributed by atoms with Crippen LogP contribution in [0.1, 0.15) is 117 Å². The quantitative estimate of drug-likeness (QED) is 0.185. The maximum absolute atomic E-state index is 5.54. The minimum absolute atomic E-state index is 0.979. The van der Waals surface area contributed by atoms with E-state index in [1.807, 2.05) is 0 Å². The number of nitrogens with zero attached hydrogens (tertiary/aromatic N) is 1. The summed E-state index contributed by atoms with van der Waals surface area (Å²) >= 11 is 0. The summed E-state index contributed by atoms with van der Waals surface area (Å²) in [4.78, 5) is 0. The van der Waals surface area contributed by atoms with Crippen LogP contribution in [0, 0.1) is 0 Å². The monoisotopic (exact) mass is 368 g/mol. The van der Waals surface area contributed by atoms with Gasteiger partial charge in [-0.15, -0.1) is 0 Å². The molecule has 2 nitrogen and oxygen atoms in total. The highest BCUT2D eigenvalue weighted by Crippen LogP contribution is 2.16. The summed E-state index contributed by atoms with van der Waals surface area (Å²) in [5.41, 5.74) is 0. The van der Waals surface area contributed by atoms with E-state index >= 15 is 0 Å². The molecule has 0 N–H and O–H groups in total. The Kier molecular flexibility index (Phi) is 15.7. The van der Waals surface area contributed by atoms with Crippen LogP contribution in [0.4, 0.5) is 0 Å². The number of hydrogen-bond donors (Lipinski definition) is 0. The van der Waals surface area contributed by atoms with E-state index in [0.29, 0.717) is 0 Å². The van der Waals surface area contributed by atoms with Gasteiger partial charge in [0.25, 0.3) is 0 Å². The second-order valence-corrected chi connectivity index (χ2v) is 8.74. The summed E-state index contributed by atoms with van der Waals surface area (Å²) < 4.78 is 6.86. The zero-order valence-electron chi connectivity index (χ0n) is 18.4. The van der Waals surface area contributed by atoms with Crippen molar-refractivity contribution in [2.24, 2.45) is 0 Å². The summed E-state index contributed by atoms with van der Waals surface area (Å²) in [6.07, 6.45) is 23.4. The number of hydrogen-bond acceptors (Lipinski definition) is 1. The second kappa shape index (κ2) is 17.0. The third kappa shape index (κ3) is 12.3. The second-order valence-electron chi connectivity index (χ2n) is 8.74. The molecule has 1 fully saturated rings. The first kappa shape index (κ1) is 24.0. The Morgan fingerprint density at radius 2 is 0.923 bits per heavy atom. The molecule has 0 aromatic carbocycles. The highest BCUT2D eigenvalue weighted by atomic mass is 16.5. The Morgan fingerprint density at radius 1 is 0.538 bits per heavy atom. The molecule has 0 aromatic heterocycles. The normalized spacial score (nSPS) is 16.8. The van der Waals surface area contributed by atoms with Crippen LogP contribution in [-0.4, -0.2) is 43.9 Å². The van der Waals surface area contributed by atoms with Crippen LogP contribution in [0.3, 0.4) is 0 Å². The molecule has 0 aromatic rings. The molecule has 26 heavy (non-hydrogen) atoms. The Hall–Kier alpha value is -0.0800. The molecule has 0 atom stereocenters. The van der Waals surface area contributed by atoms with Gasteiger partial charge in [-0.3, -0.25) is 0 Å². The molecule has 156 valence electrons. The fourth-order valence-corrected chi connectivity index (χ4v) is 4.42. The number of ether oxygens (including phenoxy) is 1. The molecular formula is C24H50NO+. The van der Waals surface area contributed by atoms with E-state index < -0.39 is 0 Å². The van der Waals surface area contributed by atoms with E-state index in [9.17, 15) is 0 Å². The largest absolute Gasteiger partial charge is 0.370 e. The lowest BCUT2D eigenvalue weighted by atomic mass is 10.0. The molecule has 0 unspecified atom stereocenters. The molecule has 0 saturated carbocycles. The molecule has 2 heteroatoms. The summed E-state index contributed by atoms with van der Waals surface area (Å²) in [5.74, 6) is 0. The Balaban J connectivity index is 1.77. The molecule has 0 radical (unpaired) electrons. The van der Waals surface area contributed by atoms with Gasteiger partial charge in [0.1, 0.15) is 13.1 Å². The minimum Gasteiger partial charge on any atom is -0.370 e. The van der Waals surface area contributed by atoms with Crippen LogP contribution in [0.2, 0.25) is 0 Å². The average Bonchev–Trinajstić information content (AvgIpc) is 2.68. The van der Waals surface area contributed by atoms with Crippen molar-refractivity contribution < 1.29 is 9.22 Å². The van der Waals surface area contributed by atoms with Gasteiger partial charge in [0.2, 0.25) is 0 Å². The molecular weight excluding hydrogens is 318 g/mol. The predicted octanol–water partition coefficient (Wildman–Crippen LogP) is 7.11. The van der Waals surface area contributed by atoms with Gasteiger partial charge in [0.05, 0.1) is 26.3 Å². The number of morpholine rings is 1. The van der Waals surface area contributed by atoms with Crippen molar-refractivity contribution in [2.45, 2.75) is 117 Å². The van der Waals surface area contributed by atoms with Crippen molar-refractivity contribution in [3.63, 3.8) is 0 Å². The fraction of sp³-hybridized carbons (Fsp3) is 1.00. The van der Waals surface area contributed by atoms with Gasteiger partial charge in [-0.25, -0.2) is 0 Å². The molecule has 0 bridgehead atoms. The fourth-order valence-electron chi connectivity index (χ4n) is 4.42. The highest BCUT2D eigenvalue weighted by Gasteiger charge is 2.27. The zero-order chi connectivity index (χ0) is 18.8. The number of unbranched alkanes of at least 4 members (excludes halogenated alkanes) is 15. The molecule has 1 heterocycles. The van der Waals surface area contributed by atoms with E-state index in [2.05, 4.69) is 13.8 Å². The highest BCUT2D eigenvalue weighted by molar-refractivity contribution is 4.52. The summed E-state index contributed by atoms with van der Waals surface area (Å²) in [5, 5.41) is 0. The van der Waals surface area contributed by atoms with E-state index in [1.54, 1.807) is 0 Å². The van der Waals surface area contributed by atoms with Crippen molar-refractivity contribution in [3.05, 3.63) is 0 Å². The molecule has 1 rings (SSSR count). The van der Waals surface area contributed by atoms with Crippen LogP contribution in [0.25, 0.3) is 0 Å². The third-order valence-corrected chi connectivity index (χ3v) is 6.58. The Bertz CT molecular complexity index is 286. The third-order valence-electron chi connectivity index (χ3n) is 6.58. The van der Waals surface area contributed by atoms with Crippen molar-refractivity contribution in [1.82, 2.24) is 0 Å². The lowest BCUT2D eigenvalue weighted by Gasteiger charge is -2.40. The van der Waals surface area contributed by atoms with Crippen molar-refractivity contribution in [3.8, 4) is 0 Å². The first-order valence-electron chi connectivity index (χ1n) is 12.3. The molecule has 0 spiro atoms. The van der Waals surface area contributed by atoms with Gasteiger partial charge < -0.3 is 9.22 Å². The topological polar surface area (TPSA) is 9.23 Å². The summed E-state index contributed by atoms with van der Waals surface area (Å²) in [6, 6.07) is 0. The smallest absolute Gasteiger partial charge is 0.102 e. The van der Waals surface area contributed by atoms with E-state index in [4.69, 9.17) is 4.74 Å². The average molecular weight is 369 g/mol. The van der Waals surface area contributed by atoms with E-state index in [0.717, 1.165) is 13.2 Å². The number of likely N-dealkylation sites (N-methyl/N-ethyl adjacent to an activating group) is 1. The maximum Gasteiger partial charge on any atom is 0.102 e. The Labute approximate surface area is 165 Å². The van der Waals surface area contributed by atoms with Gasteiger partial charge >= 0.3 is 0 Å². The lowest BCUT2D eigenvalue weighted by molar-refractivity contribution is -0.933. The lowest BCUT2D eigenvalue weighted by Crippen LogP contribution is -2.55. The SMILES string of the molecule is CCCCCCCCCCCCCCCCCC[N+]1(CC)CCOCC1. The first-order chi connectivity index (χ1) is 12.8. The maximum atomic E-state index is 5.54. The van der Waals surface area contributed by atoms with Gasteiger partial charge in [0, 0.05) is 0 Å². The standard InChI is InChI=1S/C24H50NO/c1-3-5-6-7-8-9-10-11-12-13-14-15-16-17-18-19-20-25(4-2)21-23-26-24-22-25/h3-24H2,1-2H3/q+1. The molecule has 1 aliphatic rings. The van der Waals surface area contributed by atoms with Crippen molar-refractivity contribution in [1.29, 1.82) is 0 Å². The summed E-state index contributed by atoms with van der Waals surface area (Å²) in [6.45, 7) is 11.8. The van der Waals surface area contributed by atoms with E-state index in [1.165, 1.54) is 133 Å². The van der Waals surface area contributed by atoms with Crippen molar-refractivity contribution in [2.75, 3.05) is 39.4 Å². The van der Waals surface area contributed by atoms with Crippen LogP contribution in [-0.2, 0) is 4.74 Å². The number of rotatable bonds is 18. The molecule has 1 aliphatic heterocycles. The van der Waals surface area contributed by atoms with Crippen LogP contribution < -0.4 is 0 Å². The molecule has 0 amide bonds. The number of quaternary nitrogens is 1. The first-order valence-corrected chi connectivity index (χ1v) is 12.3. The van der Waals surface area contributed by atoms with Crippen LogP contribution >= 0.6 is 0 Å². The molecule has 0 aliphatic carbocycles. The Morgan fingerprint density at radius 3 is 1.31 bits per heavy atom. The van der Waals surface area contributed by atoms with Gasteiger partial charge in [0.15, 0.2) is 0 Å². The van der Waals surface area contributed by atoms with Crippen molar-refractivity contribution >= 4 is 0 Å².